The molecule has 6 heteroatoms. The number of nitrogens with zero attached hydrogens (tertiary/aromatic N) is 1. The molecule has 0 atom stereocenters. The summed E-state index contributed by atoms with van der Waals surface area (Å²) >= 11 is 0. The highest BCUT2D eigenvalue weighted by Crippen LogP contribution is 2.21. The molecule has 3 aromatic rings. The average molecular weight is 416 g/mol. The molecule has 31 heavy (non-hydrogen) atoms. The largest absolute Gasteiger partial charge is 0.492 e. The van der Waals surface area contributed by atoms with E-state index >= 15 is 0 Å². The molecule has 1 amide bonds. The van der Waals surface area contributed by atoms with E-state index < -0.39 is 4.92 Å². The van der Waals surface area contributed by atoms with E-state index in [1.54, 1.807) is 18.2 Å². The van der Waals surface area contributed by atoms with Gasteiger partial charge in [0.05, 0.1) is 11.5 Å². The lowest BCUT2D eigenvalue weighted by molar-refractivity contribution is -0.384. The fourth-order valence-corrected chi connectivity index (χ4v) is 3.24. The first-order valence-corrected chi connectivity index (χ1v) is 9.93. The van der Waals surface area contributed by atoms with Crippen molar-refractivity contribution in [3.8, 4) is 5.75 Å². The first-order valence-electron chi connectivity index (χ1n) is 9.93. The van der Waals surface area contributed by atoms with Crippen LogP contribution < -0.4 is 10.1 Å². The molecule has 6 nitrogen and oxygen atoms in total. The van der Waals surface area contributed by atoms with Gasteiger partial charge >= 0.3 is 0 Å². The molecule has 0 unspecified atom stereocenters. The number of hydrogen-bond donors (Lipinski definition) is 1. The molecule has 0 aliphatic carbocycles. The highest BCUT2D eigenvalue weighted by atomic mass is 16.6. The number of aryl methyl sites for hydroxylation is 2. The maximum Gasteiger partial charge on any atom is 0.270 e. The summed E-state index contributed by atoms with van der Waals surface area (Å²) < 4.78 is 5.75. The van der Waals surface area contributed by atoms with Crippen LogP contribution in [0.4, 0.5) is 5.69 Å². The van der Waals surface area contributed by atoms with Gasteiger partial charge < -0.3 is 10.1 Å². The number of amides is 1. The standard InChI is InChI=1S/C25H24N2O4/c1-18-13-19(2)15-23(14-18)31-12-11-26-25(28)24(21-8-4-3-5-9-21)17-20-7-6-10-22(16-20)27(29)30/h3-10,13-17H,11-12H2,1-2H3,(H,26,28)/b24-17+. The summed E-state index contributed by atoms with van der Waals surface area (Å²) in [5.74, 6) is 0.490. The fraction of sp³-hybridized carbons (Fsp3) is 0.160. The van der Waals surface area contributed by atoms with E-state index in [0.717, 1.165) is 22.4 Å². The van der Waals surface area contributed by atoms with Gasteiger partial charge in [0, 0.05) is 17.7 Å². The van der Waals surface area contributed by atoms with Gasteiger partial charge in [0.15, 0.2) is 0 Å². The number of ether oxygens (including phenoxy) is 1. The SMILES string of the molecule is Cc1cc(C)cc(OCCNC(=O)/C(=C/c2cccc([N+](=O)[O-])c2)c2ccccc2)c1. The Bertz CT molecular complexity index is 1090. The Morgan fingerprint density at radius 2 is 1.71 bits per heavy atom. The van der Waals surface area contributed by atoms with E-state index in [-0.39, 0.29) is 11.6 Å². The molecule has 0 aliphatic rings. The molecule has 3 aromatic carbocycles. The third-order valence-corrected chi connectivity index (χ3v) is 4.57. The lowest BCUT2D eigenvalue weighted by Crippen LogP contribution is -2.28. The zero-order valence-corrected chi connectivity index (χ0v) is 17.5. The summed E-state index contributed by atoms with van der Waals surface area (Å²) in [7, 11) is 0. The molecule has 0 aromatic heterocycles. The van der Waals surface area contributed by atoms with Gasteiger partial charge in [-0.25, -0.2) is 0 Å². The number of nitro groups is 1. The first kappa shape index (κ1) is 21.8. The number of hydrogen-bond acceptors (Lipinski definition) is 4. The van der Waals surface area contributed by atoms with Crippen molar-refractivity contribution in [1.29, 1.82) is 0 Å². The number of nitro benzene ring substituents is 1. The van der Waals surface area contributed by atoms with E-state index in [9.17, 15) is 14.9 Å². The molecule has 0 bridgehead atoms. The molecule has 0 radical (unpaired) electrons. The van der Waals surface area contributed by atoms with Gasteiger partial charge in [-0.15, -0.1) is 0 Å². The Morgan fingerprint density at radius 3 is 2.39 bits per heavy atom. The summed E-state index contributed by atoms with van der Waals surface area (Å²) in [6.45, 7) is 4.66. The molecule has 1 N–H and O–H groups in total. The topological polar surface area (TPSA) is 81.5 Å². The quantitative estimate of drug-likeness (QED) is 0.185. The van der Waals surface area contributed by atoms with E-state index in [2.05, 4.69) is 11.4 Å². The van der Waals surface area contributed by atoms with Gasteiger partial charge in [-0.3, -0.25) is 14.9 Å². The molecule has 3 rings (SSSR count). The van der Waals surface area contributed by atoms with Gasteiger partial charge in [-0.05, 0) is 54.3 Å². The number of benzene rings is 3. The molecule has 0 aliphatic heterocycles. The molecule has 0 saturated heterocycles. The zero-order chi connectivity index (χ0) is 22.2. The Balaban J connectivity index is 1.73. The van der Waals surface area contributed by atoms with Crippen molar-refractivity contribution >= 4 is 23.2 Å². The van der Waals surface area contributed by atoms with Gasteiger partial charge in [0.2, 0.25) is 0 Å². The van der Waals surface area contributed by atoms with Crippen molar-refractivity contribution < 1.29 is 14.5 Å². The smallest absolute Gasteiger partial charge is 0.270 e. The number of carbonyl (C=O) groups excluding carboxylic acids is 1. The first-order chi connectivity index (χ1) is 14.9. The second kappa shape index (κ2) is 10.2. The van der Waals surface area contributed by atoms with Gasteiger partial charge in [0.25, 0.3) is 11.6 Å². The number of non-ortho nitro benzene ring substituents is 1. The second-order valence-electron chi connectivity index (χ2n) is 7.20. The summed E-state index contributed by atoms with van der Waals surface area (Å²) in [5.41, 5.74) is 3.93. The van der Waals surface area contributed by atoms with Crippen LogP contribution in [0.3, 0.4) is 0 Å². The van der Waals surface area contributed by atoms with Crippen molar-refractivity contribution in [3.05, 3.63) is 105 Å². The minimum Gasteiger partial charge on any atom is -0.492 e. The van der Waals surface area contributed by atoms with Crippen LogP contribution in [0, 0.1) is 24.0 Å². The highest BCUT2D eigenvalue weighted by molar-refractivity contribution is 6.24. The van der Waals surface area contributed by atoms with Gasteiger partial charge in [-0.1, -0.05) is 48.5 Å². The maximum atomic E-state index is 12.9. The van der Waals surface area contributed by atoms with Crippen molar-refractivity contribution in [2.24, 2.45) is 0 Å². The molecular weight excluding hydrogens is 392 g/mol. The van der Waals surface area contributed by atoms with Crippen LogP contribution >= 0.6 is 0 Å². The summed E-state index contributed by atoms with van der Waals surface area (Å²) in [4.78, 5) is 23.5. The van der Waals surface area contributed by atoms with E-state index in [1.807, 2.05) is 56.3 Å². The molecule has 0 fully saturated rings. The van der Waals surface area contributed by atoms with Crippen LogP contribution in [0.25, 0.3) is 11.6 Å². The van der Waals surface area contributed by atoms with E-state index in [0.29, 0.717) is 24.3 Å². The second-order valence-corrected chi connectivity index (χ2v) is 7.20. The Hall–Kier alpha value is -3.93. The summed E-state index contributed by atoms with van der Waals surface area (Å²) in [5, 5.41) is 13.9. The predicted octanol–water partition coefficient (Wildman–Crippen LogP) is 4.95. The van der Waals surface area contributed by atoms with E-state index in [1.165, 1.54) is 12.1 Å². The molecular formula is C25H24N2O4. The molecule has 158 valence electrons. The minimum absolute atomic E-state index is 0.0246. The van der Waals surface area contributed by atoms with Crippen molar-refractivity contribution in [3.63, 3.8) is 0 Å². The lowest BCUT2D eigenvalue weighted by atomic mass is 10.0. The van der Waals surface area contributed by atoms with E-state index in [4.69, 9.17) is 4.74 Å². The normalized spacial score (nSPS) is 11.1. The Morgan fingerprint density at radius 1 is 1.00 bits per heavy atom. The van der Waals surface area contributed by atoms with Gasteiger partial charge in [0.1, 0.15) is 12.4 Å². The monoisotopic (exact) mass is 416 g/mol. The number of nitrogens with one attached hydrogen (secondary N) is 1. The van der Waals surface area contributed by atoms with Crippen LogP contribution in [-0.2, 0) is 4.79 Å². The lowest BCUT2D eigenvalue weighted by Gasteiger charge is -2.11. The predicted molar refractivity (Wildman–Crippen MR) is 122 cm³/mol. The van der Waals surface area contributed by atoms with Crippen LogP contribution in [0.1, 0.15) is 22.3 Å². The van der Waals surface area contributed by atoms with Crippen LogP contribution in [-0.4, -0.2) is 24.0 Å². The van der Waals surface area contributed by atoms with Crippen molar-refractivity contribution in [1.82, 2.24) is 5.32 Å². The minimum atomic E-state index is -0.454. The maximum absolute atomic E-state index is 12.9. The highest BCUT2D eigenvalue weighted by Gasteiger charge is 2.13. The summed E-state index contributed by atoms with van der Waals surface area (Å²) in [6.07, 6.45) is 1.66. The average Bonchev–Trinajstić information content (AvgIpc) is 2.75. The number of carbonyl (C=O) groups is 1. The molecule has 0 heterocycles. The zero-order valence-electron chi connectivity index (χ0n) is 17.5. The van der Waals surface area contributed by atoms with Crippen molar-refractivity contribution in [2.75, 3.05) is 13.2 Å². The third-order valence-electron chi connectivity index (χ3n) is 4.57. The Kier molecular flexibility index (Phi) is 7.17. The van der Waals surface area contributed by atoms with Crippen LogP contribution in [0.15, 0.2) is 72.8 Å². The summed E-state index contributed by atoms with van der Waals surface area (Å²) in [6, 6.07) is 21.4. The van der Waals surface area contributed by atoms with Crippen LogP contribution in [0.2, 0.25) is 0 Å². The number of rotatable bonds is 8. The Labute approximate surface area is 181 Å². The van der Waals surface area contributed by atoms with Crippen LogP contribution in [0.5, 0.6) is 5.75 Å². The van der Waals surface area contributed by atoms with Gasteiger partial charge in [-0.2, -0.15) is 0 Å². The fourth-order valence-electron chi connectivity index (χ4n) is 3.24. The third kappa shape index (κ3) is 6.27. The van der Waals surface area contributed by atoms with Crippen molar-refractivity contribution in [2.45, 2.75) is 13.8 Å². The molecule has 0 spiro atoms. The molecule has 0 saturated carbocycles.